The first-order valence-corrected chi connectivity index (χ1v) is 11.8. The Kier molecular flexibility index (Phi) is 5.19. The maximum atomic E-state index is 12.7. The van der Waals surface area contributed by atoms with Crippen molar-refractivity contribution in [3.8, 4) is 0 Å². The lowest BCUT2D eigenvalue weighted by Gasteiger charge is -2.30. The average Bonchev–Trinajstić information content (AvgIpc) is 3.10. The normalized spacial score (nSPS) is 19.6. The number of rotatable bonds is 5. The number of sulfonamides is 2. The van der Waals surface area contributed by atoms with Crippen molar-refractivity contribution in [2.75, 3.05) is 17.8 Å². The van der Waals surface area contributed by atoms with Crippen molar-refractivity contribution in [1.82, 2.24) is 4.31 Å². The Balaban J connectivity index is 1.78. The van der Waals surface area contributed by atoms with Crippen molar-refractivity contribution >= 4 is 37.1 Å². The number of hydrogen-bond acceptors (Lipinski definition) is 5. The third-order valence-corrected chi connectivity index (χ3v) is 8.78. The molecule has 2 aromatic rings. The topological polar surface area (TPSA) is 83.6 Å². The molecule has 1 aromatic carbocycles. The van der Waals surface area contributed by atoms with Gasteiger partial charge in [-0.2, -0.15) is 4.31 Å². The number of hydrogen-bond donors (Lipinski definition) is 1. The van der Waals surface area contributed by atoms with Crippen LogP contribution in [0.3, 0.4) is 0 Å². The van der Waals surface area contributed by atoms with Gasteiger partial charge in [0.2, 0.25) is 10.0 Å². The molecule has 6 nitrogen and oxygen atoms in total. The lowest BCUT2D eigenvalue weighted by Crippen LogP contribution is -2.39. The van der Waals surface area contributed by atoms with Gasteiger partial charge >= 0.3 is 0 Å². The Morgan fingerprint density at radius 1 is 1.12 bits per heavy atom. The molecule has 0 saturated carbocycles. The van der Waals surface area contributed by atoms with Crippen molar-refractivity contribution in [1.29, 1.82) is 0 Å². The van der Waals surface area contributed by atoms with Crippen LogP contribution in [0.1, 0.15) is 19.8 Å². The maximum absolute atomic E-state index is 12.7. The summed E-state index contributed by atoms with van der Waals surface area (Å²) in [5.41, 5.74) is 0.333. The molecule has 0 radical (unpaired) electrons. The van der Waals surface area contributed by atoms with Gasteiger partial charge in [0.15, 0.2) is 0 Å². The second-order valence-electron chi connectivity index (χ2n) is 6.17. The Morgan fingerprint density at radius 2 is 1.84 bits per heavy atom. The van der Waals surface area contributed by atoms with Crippen molar-refractivity contribution in [2.24, 2.45) is 5.92 Å². The third kappa shape index (κ3) is 4.05. The zero-order chi connectivity index (χ0) is 18.1. The SMILES string of the molecule is C[C@H]1CCCN(S(=O)(=O)c2ccc(NS(=O)(=O)c3cccs3)cc2)C1. The van der Waals surface area contributed by atoms with Crippen molar-refractivity contribution in [3.63, 3.8) is 0 Å². The number of piperidine rings is 1. The molecule has 1 aromatic heterocycles. The Morgan fingerprint density at radius 3 is 2.44 bits per heavy atom. The molecule has 2 heterocycles. The molecule has 0 unspecified atom stereocenters. The highest BCUT2D eigenvalue weighted by Crippen LogP contribution is 2.25. The summed E-state index contributed by atoms with van der Waals surface area (Å²) in [6.45, 7) is 3.10. The van der Waals surface area contributed by atoms with Crippen molar-refractivity contribution < 1.29 is 16.8 Å². The summed E-state index contributed by atoms with van der Waals surface area (Å²) in [5, 5.41) is 1.68. The number of nitrogens with one attached hydrogen (secondary N) is 1. The molecule has 3 rings (SSSR count). The number of anilines is 1. The van der Waals surface area contributed by atoms with Gasteiger partial charge in [0.05, 0.1) is 4.90 Å². The average molecular weight is 401 g/mol. The third-order valence-electron chi connectivity index (χ3n) is 4.12. The predicted molar refractivity (Wildman–Crippen MR) is 98.7 cm³/mol. The van der Waals surface area contributed by atoms with Crippen LogP contribution in [0.4, 0.5) is 5.69 Å². The van der Waals surface area contributed by atoms with Crippen LogP contribution in [-0.2, 0) is 20.0 Å². The smallest absolute Gasteiger partial charge is 0.271 e. The molecule has 0 aliphatic carbocycles. The highest BCUT2D eigenvalue weighted by Gasteiger charge is 2.28. The molecule has 0 amide bonds. The summed E-state index contributed by atoms with van der Waals surface area (Å²) in [5.74, 6) is 0.348. The van der Waals surface area contributed by atoms with E-state index >= 15 is 0 Å². The summed E-state index contributed by atoms with van der Waals surface area (Å²) in [7, 11) is -7.18. The van der Waals surface area contributed by atoms with E-state index in [-0.39, 0.29) is 9.10 Å². The summed E-state index contributed by atoms with van der Waals surface area (Å²) < 4.78 is 54.0. The van der Waals surface area contributed by atoms with E-state index in [1.54, 1.807) is 11.4 Å². The van der Waals surface area contributed by atoms with Gasteiger partial charge < -0.3 is 0 Å². The van der Waals surface area contributed by atoms with Crippen molar-refractivity contribution in [2.45, 2.75) is 28.9 Å². The van der Waals surface area contributed by atoms with Crippen LogP contribution in [0.2, 0.25) is 0 Å². The van der Waals surface area contributed by atoms with E-state index in [0.29, 0.717) is 24.7 Å². The van der Waals surface area contributed by atoms with Crippen LogP contribution in [-0.4, -0.2) is 34.2 Å². The molecule has 25 heavy (non-hydrogen) atoms. The largest absolute Gasteiger partial charge is 0.279 e. The Labute approximate surface area is 152 Å². The van der Waals surface area contributed by atoms with E-state index < -0.39 is 20.0 Å². The van der Waals surface area contributed by atoms with Gasteiger partial charge in [-0.15, -0.1) is 11.3 Å². The van der Waals surface area contributed by atoms with Crippen LogP contribution in [0.25, 0.3) is 0 Å². The van der Waals surface area contributed by atoms with Gasteiger partial charge in [0.1, 0.15) is 4.21 Å². The molecule has 136 valence electrons. The van der Waals surface area contributed by atoms with Crippen LogP contribution in [0, 0.1) is 5.92 Å². The predicted octanol–water partition coefficient (Wildman–Crippen LogP) is 2.97. The summed E-state index contributed by atoms with van der Waals surface area (Å²) in [4.78, 5) is 0.181. The van der Waals surface area contributed by atoms with Gasteiger partial charge in [-0.05, 0) is 54.5 Å². The first-order valence-electron chi connectivity index (χ1n) is 7.95. The van der Waals surface area contributed by atoms with Gasteiger partial charge in [0, 0.05) is 18.8 Å². The van der Waals surface area contributed by atoms with Gasteiger partial charge in [-0.3, -0.25) is 4.72 Å². The monoisotopic (exact) mass is 400 g/mol. The van der Waals surface area contributed by atoms with Crippen LogP contribution in [0.15, 0.2) is 50.9 Å². The van der Waals surface area contributed by atoms with Crippen LogP contribution in [0.5, 0.6) is 0 Å². The van der Waals surface area contributed by atoms with E-state index in [1.165, 1.54) is 34.6 Å². The van der Waals surface area contributed by atoms with Crippen LogP contribution >= 0.6 is 11.3 Å². The minimum absolute atomic E-state index is 0.181. The van der Waals surface area contributed by atoms with Gasteiger partial charge in [-0.1, -0.05) is 13.0 Å². The molecular weight excluding hydrogens is 380 g/mol. The minimum Gasteiger partial charge on any atom is -0.279 e. The summed E-state index contributed by atoms with van der Waals surface area (Å²) in [6, 6.07) is 9.02. The molecule has 1 N–H and O–H groups in total. The molecule has 9 heteroatoms. The zero-order valence-corrected chi connectivity index (χ0v) is 16.2. The van der Waals surface area contributed by atoms with E-state index in [0.717, 1.165) is 24.2 Å². The molecule has 0 bridgehead atoms. The van der Waals surface area contributed by atoms with Gasteiger partial charge in [0.25, 0.3) is 10.0 Å². The van der Waals surface area contributed by atoms with E-state index in [2.05, 4.69) is 4.72 Å². The highest BCUT2D eigenvalue weighted by molar-refractivity contribution is 7.94. The number of thiophene rings is 1. The van der Waals surface area contributed by atoms with Crippen LogP contribution < -0.4 is 4.72 Å². The molecule has 1 fully saturated rings. The second-order valence-corrected chi connectivity index (χ2v) is 11.0. The van der Waals surface area contributed by atoms with E-state index in [9.17, 15) is 16.8 Å². The highest BCUT2D eigenvalue weighted by atomic mass is 32.2. The standard InChI is InChI=1S/C16H20N2O4S3/c1-13-4-2-10-18(12-13)25(21,22)15-8-6-14(7-9-15)17-24(19,20)16-5-3-11-23-16/h3,5-9,11,13,17H,2,4,10,12H2,1H3/t13-/m0/s1. The fraction of sp³-hybridized carbons (Fsp3) is 0.375. The quantitative estimate of drug-likeness (QED) is 0.836. The van der Waals surface area contributed by atoms with E-state index in [4.69, 9.17) is 0 Å². The first kappa shape index (κ1) is 18.4. The lowest BCUT2D eigenvalue weighted by molar-refractivity contribution is 0.281. The molecule has 0 spiro atoms. The fourth-order valence-corrected chi connectivity index (χ4v) is 6.48. The molecule has 1 saturated heterocycles. The molecule has 1 aliphatic rings. The zero-order valence-electron chi connectivity index (χ0n) is 13.8. The molecule has 1 aliphatic heterocycles. The first-order chi connectivity index (χ1) is 11.8. The van der Waals surface area contributed by atoms with Crippen molar-refractivity contribution in [3.05, 3.63) is 41.8 Å². The Bertz CT molecular complexity index is 920. The second kappa shape index (κ2) is 7.06. The maximum Gasteiger partial charge on any atom is 0.271 e. The summed E-state index contributed by atoms with van der Waals surface area (Å²) in [6.07, 6.45) is 1.90. The molecular formula is C16H20N2O4S3. The minimum atomic E-state index is -3.64. The fourth-order valence-electron chi connectivity index (χ4n) is 2.83. The molecule has 1 atom stereocenters. The van der Waals surface area contributed by atoms with Gasteiger partial charge in [-0.25, -0.2) is 16.8 Å². The lowest BCUT2D eigenvalue weighted by atomic mass is 10.0. The van der Waals surface area contributed by atoms with E-state index in [1.807, 2.05) is 6.92 Å². The number of benzene rings is 1. The summed E-state index contributed by atoms with van der Waals surface area (Å²) >= 11 is 1.12. The number of nitrogens with zero attached hydrogens (tertiary/aromatic N) is 1. The Hall–Kier alpha value is -1.42.